The Morgan fingerprint density at radius 3 is 3.08 bits per heavy atom. The number of carbonyl (C=O) groups excluding carboxylic acids is 1. The lowest BCUT2D eigenvalue weighted by Gasteiger charge is -2.11. The van der Waals surface area contributed by atoms with E-state index in [1.54, 1.807) is 13.2 Å². The van der Waals surface area contributed by atoms with Crippen LogP contribution < -0.4 is 0 Å². The van der Waals surface area contributed by atoms with Crippen LogP contribution in [0.1, 0.15) is 6.42 Å². The van der Waals surface area contributed by atoms with E-state index in [-0.39, 0.29) is 30.4 Å². The molecule has 0 N–H and O–H groups in total. The van der Waals surface area contributed by atoms with Crippen LogP contribution in [0, 0.1) is 5.92 Å². The first-order valence-electron chi connectivity index (χ1n) is 4.26. The van der Waals surface area contributed by atoms with Crippen LogP contribution in [0.15, 0.2) is 12.7 Å². The van der Waals surface area contributed by atoms with Crippen molar-refractivity contribution in [1.82, 2.24) is 0 Å². The largest absolute Gasteiger partial charge is 0.459 e. The molecule has 4 atom stereocenters. The third-order valence-electron chi connectivity index (χ3n) is 2.52. The molecule has 0 radical (unpaired) electrons. The molecule has 2 rings (SSSR count). The second-order valence-electron chi connectivity index (χ2n) is 3.26. The van der Waals surface area contributed by atoms with Crippen molar-refractivity contribution in [1.29, 1.82) is 0 Å². The maximum Gasteiger partial charge on any atom is 0.306 e. The van der Waals surface area contributed by atoms with Gasteiger partial charge < -0.3 is 14.2 Å². The van der Waals surface area contributed by atoms with Crippen molar-refractivity contribution in [2.45, 2.75) is 24.9 Å². The highest BCUT2D eigenvalue weighted by molar-refractivity contribution is 5.72. The number of carbonyl (C=O) groups is 1. The first-order chi connectivity index (χ1) is 6.26. The van der Waals surface area contributed by atoms with Gasteiger partial charge >= 0.3 is 5.97 Å². The van der Waals surface area contributed by atoms with Crippen molar-refractivity contribution in [3.63, 3.8) is 0 Å². The van der Waals surface area contributed by atoms with Crippen LogP contribution >= 0.6 is 0 Å². The Morgan fingerprint density at radius 2 is 2.46 bits per heavy atom. The molecule has 4 nitrogen and oxygen atoms in total. The molecule has 0 aromatic heterocycles. The Labute approximate surface area is 76.5 Å². The zero-order valence-electron chi connectivity index (χ0n) is 7.43. The minimum absolute atomic E-state index is 0.0282. The molecule has 0 saturated carbocycles. The average Bonchev–Trinajstić information content (AvgIpc) is 2.61. The number of hydrogen-bond donors (Lipinski definition) is 0. The molecule has 0 unspecified atom stereocenters. The van der Waals surface area contributed by atoms with Gasteiger partial charge in [0.15, 0.2) is 6.29 Å². The molecule has 13 heavy (non-hydrogen) atoms. The van der Waals surface area contributed by atoms with E-state index in [1.807, 2.05) is 0 Å². The molecule has 2 heterocycles. The van der Waals surface area contributed by atoms with Crippen molar-refractivity contribution < 1.29 is 19.0 Å². The first kappa shape index (κ1) is 8.72. The average molecular weight is 184 g/mol. The fourth-order valence-corrected chi connectivity index (χ4v) is 1.91. The number of rotatable bonds is 2. The molecule has 2 aliphatic rings. The van der Waals surface area contributed by atoms with Crippen molar-refractivity contribution in [2.24, 2.45) is 5.92 Å². The van der Waals surface area contributed by atoms with Gasteiger partial charge in [-0.05, 0) is 0 Å². The highest BCUT2D eigenvalue weighted by Crippen LogP contribution is 2.37. The minimum atomic E-state index is -0.334. The molecule has 4 heteroatoms. The molecule has 2 aliphatic heterocycles. The van der Waals surface area contributed by atoms with Gasteiger partial charge in [-0.3, -0.25) is 4.79 Å². The van der Waals surface area contributed by atoms with E-state index < -0.39 is 0 Å². The van der Waals surface area contributed by atoms with E-state index in [1.165, 1.54) is 0 Å². The van der Waals surface area contributed by atoms with E-state index in [0.29, 0.717) is 6.42 Å². The van der Waals surface area contributed by atoms with Crippen LogP contribution in [0.25, 0.3) is 0 Å². The number of ether oxygens (including phenoxy) is 3. The zero-order valence-corrected chi connectivity index (χ0v) is 7.43. The van der Waals surface area contributed by atoms with Crippen LogP contribution in [0.5, 0.6) is 0 Å². The first-order valence-corrected chi connectivity index (χ1v) is 4.26. The quantitative estimate of drug-likeness (QED) is 0.462. The molecule has 2 fully saturated rings. The van der Waals surface area contributed by atoms with E-state index in [9.17, 15) is 4.79 Å². The fourth-order valence-electron chi connectivity index (χ4n) is 1.91. The molecular weight excluding hydrogens is 172 g/mol. The van der Waals surface area contributed by atoms with Gasteiger partial charge in [-0.15, -0.1) is 6.58 Å². The predicted molar refractivity (Wildman–Crippen MR) is 43.9 cm³/mol. The third kappa shape index (κ3) is 1.26. The van der Waals surface area contributed by atoms with Crippen LogP contribution in [-0.2, 0) is 19.0 Å². The minimum Gasteiger partial charge on any atom is -0.459 e. The SMILES string of the molecule is C=C[C@H]1O[C@H](OC)[C@H]2CC(=O)O[C@H]21. The molecule has 0 aliphatic carbocycles. The topological polar surface area (TPSA) is 44.8 Å². The van der Waals surface area contributed by atoms with Crippen molar-refractivity contribution in [3.05, 3.63) is 12.7 Å². The predicted octanol–water partition coefficient (Wildman–Crippen LogP) is 0.475. The van der Waals surface area contributed by atoms with Crippen LogP contribution in [0.4, 0.5) is 0 Å². The Bertz CT molecular complexity index is 238. The monoisotopic (exact) mass is 184 g/mol. The van der Waals surface area contributed by atoms with Crippen molar-refractivity contribution in [3.8, 4) is 0 Å². The molecule has 72 valence electrons. The smallest absolute Gasteiger partial charge is 0.306 e. The highest BCUT2D eigenvalue weighted by atomic mass is 16.7. The summed E-state index contributed by atoms with van der Waals surface area (Å²) in [7, 11) is 1.57. The van der Waals surface area contributed by atoms with E-state index in [2.05, 4.69) is 6.58 Å². The summed E-state index contributed by atoms with van der Waals surface area (Å²) in [5.74, 6) is -0.146. The van der Waals surface area contributed by atoms with Gasteiger partial charge in [0.1, 0.15) is 12.2 Å². The van der Waals surface area contributed by atoms with E-state index in [0.717, 1.165) is 0 Å². The lowest BCUT2D eigenvalue weighted by atomic mass is 10.0. The van der Waals surface area contributed by atoms with Gasteiger partial charge in [0.2, 0.25) is 0 Å². The number of hydrogen-bond acceptors (Lipinski definition) is 4. The molecule has 0 spiro atoms. The second-order valence-corrected chi connectivity index (χ2v) is 3.26. The summed E-state index contributed by atoms with van der Waals surface area (Å²) >= 11 is 0. The molecule has 0 bridgehead atoms. The normalized spacial score (nSPS) is 43.0. The van der Waals surface area contributed by atoms with Gasteiger partial charge in [-0.1, -0.05) is 6.08 Å². The highest BCUT2D eigenvalue weighted by Gasteiger charge is 2.51. The lowest BCUT2D eigenvalue weighted by molar-refractivity contribution is -0.151. The molecule has 0 amide bonds. The molecule has 2 saturated heterocycles. The van der Waals surface area contributed by atoms with Gasteiger partial charge in [-0.25, -0.2) is 0 Å². The Morgan fingerprint density at radius 1 is 1.69 bits per heavy atom. The fraction of sp³-hybridized carbons (Fsp3) is 0.667. The molecule has 0 aromatic rings. The summed E-state index contributed by atoms with van der Waals surface area (Å²) in [4.78, 5) is 11.0. The van der Waals surface area contributed by atoms with Crippen LogP contribution in [0.3, 0.4) is 0 Å². The van der Waals surface area contributed by atoms with Crippen molar-refractivity contribution >= 4 is 5.97 Å². The number of methoxy groups -OCH3 is 1. The molecule has 0 aromatic carbocycles. The zero-order chi connectivity index (χ0) is 9.42. The summed E-state index contributed by atoms with van der Waals surface area (Å²) in [6, 6.07) is 0. The van der Waals surface area contributed by atoms with E-state index in [4.69, 9.17) is 14.2 Å². The van der Waals surface area contributed by atoms with Gasteiger partial charge in [0.25, 0.3) is 0 Å². The Hall–Kier alpha value is -0.870. The third-order valence-corrected chi connectivity index (χ3v) is 2.52. The number of esters is 1. The van der Waals surface area contributed by atoms with Crippen LogP contribution in [-0.4, -0.2) is 31.6 Å². The summed E-state index contributed by atoms with van der Waals surface area (Å²) in [6.45, 7) is 3.63. The van der Waals surface area contributed by atoms with Crippen molar-refractivity contribution in [2.75, 3.05) is 7.11 Å². The lowest BCUT2D eigenvalue weighted by Crippen LogP contribution is -2.23. The molecular formula is C9H12O4. The summed E-state index contributed by atoms with van der Waals surface area (Å²) in [5.41, 5.74) is 0. The van der Waals surface area contributed by atoms with E-state index >= 15 is 0 Å². The Balaban J connectivity index is 2.16. The van der Waals surface area contributed by atoms with Gasteiger partial charge in [0.05, 0.1) is 12.3 Å². The summed E-state index contributed by atoms with van der Waals surface area (Å²) < 4.78 is 15.7. The second kappa shape index (κ2) is 3.12. The van der Waals surface area contributed by atoms with Gasteiger partial charge in [-0.2, -0.15) is 0 Å². The maximum atomic E-state index is 11.0. The maximum absolute atomic E-state index is 11.0. The summed E-state index contributed by atoms with van der Waals surface area (Å²) in [6.07, 6.45) is 1.28. The van der Waals surface area contributed by atoms with Crippen LogP contribution in [0.2, 0.25) is 0 Å². The standard InChI is InChI=1S/C9H12O4/c1-3-6-8-5(4-7(10)13-8)9(11-2)12-6/h3,5-6,8-9H,1,4H2,2H3/t5-,6+,8+,9-/m0/s1. The Kier molecular flexibility index (Phi) is 2.09. The van der Waals surface area contributed by atoms with Gasteiger partial charge in [0, 0.05) is 7.11 Å². The summed E-state index contributed by atoms with van der Waals surface area (Å²) in [5, 5.41) is 0. The number of fused-ring (bicyclic) bond motifs is 1.